The molecule has 5 rings (SSSR count). The fourth-order valence-electron chi connectivity index (χ4n) is 4.10. The molecule has 0 fully saturated rings. The molecule has 3 aromatic carbocycles. The van der Waals surface area contributed by atoms with Crippen LogP contribution in [0.25, 0.3) is 11.3 Å². The predicted molar refractivity (Wildman–Crippen MR) is 107 cm³/mol. The van der Waals surface area contributed by atoms with E-state index < -0.39 is 5.60 Å². The Balaban J connectivity index is 1.80. The second-order valence-corrected chi connectivity index (χ2v) is 6.90. The quantitative estimate of drug-likeness (QED) is 0.676. The summed E-state index contributed by atoms with van der Waals surface area (Å²) in [5.41, 5.74) is 2.59. The number of imide groups is 1. The van der Waals surface area contributed by atoms with Crippen LogP contribution in [-0.2, 0) is 19.9 Å². The summed E-state index contributed by atoms with van der Waals surface area (Å²) in [5, 5.41) is 0. The third-order valence-corrected chi connectivity index (χ3v) is 5.28. The summed E-state index contributed by atoms with van der Waals surface area (Å²) in [7, 11) is 0. The number of rotatable bonds is 2. The molecule has 1 atom stereocenters. The number of amides is 2. The fraction of sp³-hybridized carbons (Fsp3) is 0.0833. The normalized spacial score (nSPS) is 20.0. The minimum absolute atomic E-state index is 0.321. The summed E-state index contributed by atoms with van der Waals surface area (Å²) in [6, 6.07) is 26.8. The molecule has 4 heteroatoms. The highest BCUT2D eigenvalue weighted by Gasteiger charge is 2.63. The molecule has 1 unspecified atom stereocenters. The van der Waals surface area contributed by atoms with E-state index in [1.165, 1.54) is 11.8 Å². The van der Waals surface area contributed by atoms with Crippen molar-refractivity contribution in [2.75, 3.05) is 4.90 Å². The second-order valence-electron chi connectivity index (χ2n) is 6.90. The summed E-state index contributed by atoms with van der Waals surface area (Å²) >= 11 is 0. The lowest BCUT2D eigenvalue weighted by Gasteiger charge is -2.42. The molecule has 0 bridgehead atoms. The van der Waals surface area contributed by atoms with Crippen LogP contribution < -0.4 is 4.90 Å². The standard InChI is InChI=1S/C24H17NO3/c1-16(26)25-20-15-9-8-14-19(20)24(23(25)27)21(17-10-4-2-5-11-17)22(28-24)18-12-6-3-7-13-18/h2-15H,1H3. The Hall–Kier alpha value is -3.66. The molecule has 0 aromatic heterocycles. The molecule has 2 aliphatic rings. The van der Waals surface area contributed by atoms with Crippen LogP contribution >= 0.6 is 0 Å². The van der Waals surface area contributed by atoms with Gasteiger partial charge >= 0.3 is 0 Å². The lowest BCUT2D eigenvalue weighted by Crippen LogP contribution is -2.49. The van der Waals surface area contributed by atoms with Crippen LogP contribution in [0.4, 0.5) is 5.69 Å². The molecule has 2 aliphatic heterocycles. The highest BCUT2D eigenvalue weighted by atomic mass is 16.5. The number of nitrogens with zero attached hydrogens (tertiary/aromatic N) is 1. The molecule has 0 saturated heterocycles. The van der Waals surface area contributed by atoms with Gasteiger partial charge in [0, 0.05) is 18.1 Å². The van der Waals surface area contributed by atoms with Gasteiger partial charge in [0.25, 0.3) is 5.91 Å². The van der Waals surface area contributed by atoms with Gasteiger partial charge in [0.15, 0.2) is 0 Å². The van der Waals surface area contributed by atoms with Gasteiger partial charge in [-0.25, -0.2) is 4.90 Å². The van der Waals surface area contributed by atoms with Crippen molar-refractivity contribution in [3.05, 3.63) is 102 Å². The number of ether oxygens (including phenoxy) is 1. The molecule has 0 aliphatic carbocycles. The molecule has 136 valence electrons. The Labute approximate surface area is 162 Å². The molecule has 3 aromatic rings. The maximum absolute atomic E-state index is 13.5. The Morgan fingerprint density at radius 1 is 0.821 bits per heavy atom. The van der Waals surface area contributed by atoms with Crippen LogP contribution in [0.5, 0.6) is 0 Å². The van der Waals surface area contributed by atoms with E-state index >= 15 is 0 Å². The Morgan fingerprint density at radius 2 is 1.39 bits per heavy atom. The van der Waals surface area contributed by atoms with E-state index in [-0.39, 0.29) is 11.8 Å². The van der Waals surface area contributed by atoms with Crippen LogP contribution in [0.1, 0.15) is 23.6 Å². The maximum Gasteiger partial charge on any atom is 0.287 e. The van der Waals surface area contributed by atoms with E-state index in [1.54, 1.807) is 6.07 Å². The smallest absolute Gasteiger partial charge is 0.287 e. The molecule has 0 N–H and O–H groups in total. The van der Waals surface area contributed by atoms with E-state index in [4.69, 9.17) is 4.74 Å². The van der Waals surface area contributed by atoms with Crippen molar-refractivity contribution in [1.29, 1.82) is 0 Å². The molecule has 0 saturated carbocycles. The number of hydrogen-bond donors (Lipinski definition) is 0. The Bertz CT molecular complexity index is 1130. The molecular weight excluding hydrogens is 350 g/mol. The number of fused-ring (bicyclic) bond motifs is 2. The van der Waals surface area contributed by atoms with E-state index in [0.717, 1.165) is 16.7 Å². The van der Waals surface area contributed by atoms with Gasteiger partial charge in [-0.3, -0.25) is 9.59 Å². The lowest BCUT2D eigenvalue weighted by atomic mass is 9.77. The van der Waals surface area contributed by atoms with E-state index in [1.807, 2.05) is 78.9 Å². The summed E-state index contributed by atoms with van der Waals surface area (Å²) < 4.78 is 6.30. The lowest BCUT2D eigenvalue weighted by molar-refractivity contribution is -0.135. The first kappa shape index (κ1) is 16.5. The first-order valence-corrected chi connectivity index (χ1v) is 9.14. The van der Waals surface area contributed by atoms with Gasteiger partial charge in [-0.2, -0.15) is 0 Å². The summed E-state index contributed by atoms with van der Waals surface area (Å²) in [4.78, 5) is 27.0. The van der Waals surface area contributed by atoms with Crippen LogP contribution in [-0.4, -0.2) is 11.8 Å². The number of anilines is 1. The highest BCUT2D eigenvalue weighted by molar-refractivity contribution is 6.29. The summed E-state index contributed by atoms with van der Waals surface area (Å²) in [6.45, 7) is 1.40. The van der Waals surface area contributed by atoms with Gasteiger partial charge in [0.05, 0.1) is 11.3 Å². The summed E-state index contributed by atoms with van der Waals surface area (Å²) in [5.74, 6) is -0.0152. The SMILES string of the molecule is CC(=O)N1C(=O)C2(OC(c3ccccc3)=C2c2ccccc2)c2ccccc21. The van der Waals surface area contributed by atoms with Crippen LogP contribution in [0.15, 0.2) is 84.9 Å². The molecule has 0 radical (unpaired) electrons. The van der Waals surface area contributed by atoms with Crippen molar-refractivity contribution >= 4 is 28.8 Å². The highest BCUT2D eigenvalue weighted by Crippen LogP contribution is 2.60. The number of benzene rings is 3. The second kappa shape index (κ2) is 5.92. The average Bonchev–Trinajstić information content (AvgIpc) is 2.97. The zero-order chi connectivity index (χ0) is 19.3. The van der Waals surface area contributed by atoms with Gasteiger partial charge in [-0.1, -0.05) is 78.9 Å². The molecule has 1 spiro atoms. The number of carbonyl (C=O) groups is 2. The van der Waals surface area contributed by atoms with Gasteiger partial charge in [0.2, 0.25) is 11.5 Å². The maximum atomic E-state index is 13.5. The van der Waals surface area contributed by atoms with E-state index in [2.05, 4.69) is 0 Å². The van der Waals surface area contributed by atoms with Gasteiger partial charge in [0.1, 0.15) is 5.76 Å². The molecule has 4 nitrogen and oxygen atoms in total. The number of para-hydroxylation sites is 1. The third-order valence-electron chi connectivity index (χ3n) is 5.28. The molecule has 2 amide bonds. The molecular formula is C24H17NO3. The monoisotopic (exact) mass is 367 g/mol. The van der Waals surface area contributed by atoms with Crippen molar-refractivity contribution in [3.63, 3.8) is 0 Å². The van der Waals surface area contributed by atoms with E-state index in [0.29, 0.717) is 17.0 Å². The molecule has 28 heavy (non-hydrogen) atoms. The van der Waals surface area contributed by atoms with Crippen molar-refractivity contribution in [2.24, 2.45) is 0 Å². The van der Waals surface area contributed by atoms with Crippen molar-refractivity contribution in [2.45, 2.75) is 12.5 Å². The third kappa shape index (κ3) is 2.06. The molecule has 2 heterocycles. The van der Waals surface area contributed by atoms with Crippen molar-refractivity contribution in [1.82, 2.24) is 0 Å². The van der Waals surface area contributed by atoms with Gasteiger partial charge < -0.3 is 4.74 Å². The predicted octanol–water partition coefficient (Wildman–Crippen LogP) is 4.37. The Morgan fingerprint density at radius 3 is 2.04 bits per heavy atom. The minimum atomic E-state index is -1.30. The minimum Gasteiger partial charge on any atom is -0.466 e. The van der Waals surface area contributed by atoms with Crippen molar-refractivity contribution < 1.29 is 14.3 Å². The Kier molecular flexibility index (Phi) is 3.49. The van der Waals surface area contributed by atoms with E-state index in [9.17, 15) is 9.59 Å². The first-order valence-electron chi connectivity index (χ1n) is 9.14. The topological polar surface area (TPSA) is 46.6 Å². The summed E-state index contributed by atoms with van der Waals surface area (Å²) in [6.07, 6.45) is 0. The number of carbonyl (C=O) groups excluding carboxylic acids is 2. The van der Waals surface area contributed by atoms with Gasteiger partial charge in [-0.05, 0) is 11.6 Å². The largest absolute Gasteiger partial charge is 0.466 e. The van der Waals surface area contributed by atoms with Crippen LogP contribution in [0.3, 0.4) is 0 Å². The van der Waals surface area contributed by atoms with Gasteiger partial charge in [-0.15, -0.1) is 0 Å². The van der Waals surface area contributed by atoms with Crippen LogP contribution in [0, 0.1) is 0 Å². The first-order chi connectivity index (χ1) is 13.6. The fourth-order valence-corrected chi connectivity index (χ4v) is 4.10. The number of hydrogen-bond acceptors (Lipinski definition) is 3. The zero-order valence-corrected chi connectivity index (χ0v) is 15.3. The van der Waals surface area contributed by atoms with Crippen LogP contribution in [0.2, 0.25) is 0 Å². The average molecular weight is 367 g/mol. The van der Waals surface area contributed by atoms with Crippen molar-refractivity contribution in [3.8, 4) is 0 Å². The zero-order valence-electron chi connectivity index (χ0n) is 15.3.